The summed E-state index contributed by atoms with van der Waals surface area (Å²) in [4.78, 5) is 18.4. The van der Waals surface area contributed by atoms with Crippen LogP contribution in [0.5, 0.6) is 5.75 Å². The van der Waals surface area contributed by atoms with Gasteiger partial charge in [0.15, 0.2) is 0 Å². The van der Waals surface area contributed by atoms with Gasteiger partial charge in [0, 0.05) is 22.2 Å². The second-order valence-corrected chi connectivity index (χ2v) is 8.29. The summed E-state index contributed by atoms with van der Waals surface area (Å²) in [5, 5.41) is 7.43. The summed E-state index contributed by atoms with van der Waals surface area (Å²) in [6, 6.07) is 24.8. The summed E-state index contributed by atoms with van der Waals surface area (Å²) in [6.45, 7) is 2.04. The first kappa shape index (κ1) is 20.6. The fourth-order valence-electron chi connectivity index (χ4n) is 3.37. The van der Waals surface area contributed by atoms with Crippen molar-refractivity contribution in [2.24, 2.45) is 0 Å². The highest BCUT2D eigenvalue weighted by atomic mass is 32.1. The largest absolute Gasteiger partial charge is 0.497 e. The maximum Gasteiger partial charge on any atom is 0.256 e. The van der Waals surface area contributed by atoms with Gasteiger partial charge in [-0.25, -0.2) is 4.98 Å². The molecule has 31 heavy (non-hydrogen) atoms. The van der Waals surface area contributed by atoms with Gasteiger partial charge in [0.05, 0.1) is 13.2 Å². The number of hydrogen-bond acceptors (Lipinski definition) is 5. The van der Waals surface area contributed by atoms with Gasteiger partial charge in [0.2, 0.25) is 0 Å². The molecule has 0 bridgehead atoms. The van der Waals surface area contributed by atoms with Crippen LogP contribution in [-0.4, -0.2) is 18.0 Å². The van der Waals surface area contributed by atoms with Gasteiger partial charge in [0.25, 0.3) is 5.91 Å². The van der Waals surface area contributed by atoms with Gasteiger partial charge in [-0.05, 0) is 55.0 Å². The van der Waals surface area contributed by atoms with E-state index in [1.54, 1.807) is 36.8 Å². The van der Waals surface area contributed by atoms with E-state index in [0.29, 0.717) is 5.56 Å². The number of carbonyl (C=O) groups is 1. The number of aryl methyl sites for hydroxylation is 1. The predicted molar refractivity (Wildman–Crippen MR) is 126 cm³/mol. The standard InChI is InChI=1S/C25H23N3O2S/c1-17-15-21(25(31-17)28-24(29)18-9-4-3-5-10-18)23(27-22-13-6-7-14-26-22)19-11-8-12-20(16-19)30-2/h3-16,23H,1-2H3,(H,26,27)(H,28,29)/t23-/m1/s1. The molecule has 0 unspecified atom stereocenters. The van der Waals surface area contributed by atoms with Crippen molar-refractivity contribution in [3.8, 4) is 5.75 Å². The van der Waals surface area contributed by atoms with Gasteiger partial charge in [-0.1, -0.05) is 36.4 Å². The first-order chi connectivity index (χ1) is 15.1. The highest BCUT2D eigenvalue weighted by molar-refractivity contribution is 7.16. The Bertz CT molecular complexity index is 1160. The minimum absolute atomic E-state index is 0.133. The van der Waals surface area contributed by atoms with E-state index in [1.165, 1.54) is 0 Å². The van der Waals surface area contributed by atoms with Crippen LogP contribution < -0.4 is 15.4 Å². The van der Waals surface area contributed by atoms with E-state index in [0.717, 1.165) is 32.6 Å². The van der Waals surface area contributed by atoms with Gasteiger partial charge >= 0.3 is 0 Å². The molecule has 2 heterocycles. The first-order valence-corrected chi connectivity index (χ1v) is 10.7. The Hall–Kier alpha value is -3.64. The van der Waals surface area contributed by atoms with Crippen LogP contribution in [0.2, 0.25) is 0 Å². The number of anilines is 2. The van der Waals surface area contributed by atoms with Gasteiger partial charge < -0.3 is 15.4 Å². The summed E-state index contributed by atoms with van der Waals surface area (Å²) in [7, 11) is 1.65. The number of amides is 1. The Morgan fingerprint density at radius 2 is 1.81 bits per heavy atom. The first-order valence-electron chi connectivity index (χ1n) is 9.92. The number of thiophene rings is 1. The normalized spacial score (nSPS) is 11.5. The van der Waals surface area contributed by atoms with Gasteiger partial charge in [0.1, 0.15) is 16.6 Å². The molecule has 6 heteroatoms. The molecule has 2 aromatic carbocycles. The zero-order valence-corrected chi connectivity index (χ0v) is 18.1. The highest BCUT2D eigenvalue weighted by Crippen LogP contribution is 2.38. The van der Waals surface area contributed by atoms with E-state index in [-0.39, 0.29) is 11.9 Å². The van der Waals surface area contributed by atoms with Crippen LogP contribution in [0.25, 0.3) is 0 Å². The molecule has 5 nitrogen and oxygen atoms in total. The molecular weight excluding hydrogens is 406 g/mol. The zero-order valence-electron chi connectivity index (χ0n) is 17.3. The summed E-state index contributed by atoms with van der Waals surface area (Å²) in [6.07, 6.45) is 1.75. The topological polar surface area (TPSA) is 63.2 Å². The average molecular weight is 430 g/mol. The predicted octanol–water partition coefficient (Wildman–Crippen LogP) is 5.91. The van der Waals surface area contributed by atoms with E-state index in [9.17, 15) is 4.79 Å². The van der Waals surface area contributed by atoms with Crippen molar-refractivity contribution in [3.05, 3.63) is 107 Å². The molecule has 0 aliphatic carbocycles. The van der Waals surface area contributed by atoms with Crippen LogP contribution in [-0.2, 0) is 0 Å². The SMILES string of the molecule is COc1cccc([C@@H](Nc2ccccn2)c2cc(C)sc2NC(=O)c2ccccc2)c1. The fraction of sp³-hybridized carbons (Fsp3) is 0.120. The number of nitrogens with zero attached hydrogens (tertiary/aromatic N) is 1. The van der Waals surface area contributed by atoms with Crippen molar-refractivity contribution in [1.29, 1.82) is 0 Å². The lowest BCUT2D eigenvalue weighted by Gasteiger charge is -2.21. The van der Waals surface area contributed by atoms with Crippen molar-refractivity contribution in [2.45, 2.75) is 13.0 Å². The maximum atomic E-state index is 12.8. The number of carbonyl (C=O) groups excluding carboxylic acids is 1. The Balaban J connectivity index is 1.73. The third-order valence-corrected chi connectivity index (χ3v) is 5.82. The average Bonchev–Trinajstić information content (AvgIpc) is 3.18. The quantitative estimate of drug-likeness (QED) is 0.383. The lowest BCUT2D eigenvalue weighted by molar-refractivity contribution is 0.102. The van der Waals surface area contributed by atoms with Crippen LogP contribution in [0.1, 0.15) is 32.4 Å². The number of nitrogens with one attached hydrogen (secondary N) is 2. The Labute approximate surface area is 185 Å². The smallest absolute Gasteiger partial charge is 0.256 e. The lowest BCUT2D eigenvalue weighted by atomic mass is 9.99. The van der Waals surface area contributed by atoms with E-state index in [4.69, 9.17) is 4.74 Å². The van der Waals surface area contributed by atoms with Crippen molar-refractivity contribution in [2.75, 3.05) is 17.7 Å². The minimum atomic E-state index is -0.221. The molecule has 4 aromatic rings. The van der Waals surface area contributed by atoms with Gasteiger partial charge in [-0.15, -0.1) is 11.3 Å². The summed E-state index contributed by atoms with van der Waals surface area (Å²) in [5.74, 6) is 1.39. The molecule has 1 atom stereocenters. The van der Waals surface area contributed by atoms with Crippen LogP contribution in [0.4, 0.5) is 10.8 Å². The van der Waals surface area contributed by atoms with Crippen LogP contribution in [0, 0.1) is 6.92 Å². The molecule has 0 radical (unpaired) electrons. The molecule has 0 saturated heterocycles. The molecule has 156 valence electrons. The molecule has 0 aliphatic heterocycles. The number of ether oxygens (including phenoxy) is 1. The fourth-order valence-corrected chi connectivity index (χ4v) is 4.31. The molecule has 1 amide bonds. The number of pyridine rings is 1. The Kier molecular flexibility index (Phi) is 6.29. The lowest BCUT2D eigenvalue weighted by Crippen LogP contribution is -2.17. The second kappa shape index (κ2) is 9.45. The molecule has 0 saturated carbocycles. The summed E-state index contributed by atoms with van der Waals surface area (Å²) >= 11 is 1.56. The molecule has 0 aliphatic rings. The minimum Gasteiger partial charge on any atom is -0.497 e. The second-order valence-electron chi connectivity index (χ2n) is 7.03. The van der Waals surface area contributed by atoms with Crippen molar-refractivity contribution < 1.29 is 9.53 Å². The van der Waals surface area contributed by atoms with Crippen molar-refractivity contribution in [3.63, 3.8) is 0 Å². The van der Waals surface area contributed by atoms with Crippen LogP contribution >= 0.6 is 11.3 Å². The van der Waals surface area contributed by atoms with E-state index < -0.39 is 0 Å². The van der Waals surface area contributed by atoms with E-state index in [2.05, 4.69) is 21.7 Å². The molecule has 0 spiro atoms. The number of benzene rings is 2. The van der Waals surface area contributed by atoms with Gasteiger partial charge in [-0.2, -0.15) is 0 Å². The van der Waals surface area contributed by atoms with Crippen molar-refractivity contribution >= 4 is 28.1 Å². The maximum absolute atomic E-state index is 12.8. The summed E-state index contributed by atoms with van der Waals surface area (Å²) < 4.78 is 5.44. The molecule has 2 aromatic heterocycles. The van der Waals surface area contributed by atoms with Crippen molar-refractivity contribution in [1.82, 2.24) is 4.98 Å². The number of aromatic nitrogens is 1. The molecule has 0 fully saturated rings. The van der Waals surface area contributed by atoms with Crippen LogP contribution in [0.15, 0.2) is 85.1 Å². The monoisotopic (exact) mass is 429 g/mol. The molecule has 4 rings (SSSR count). The number of rotatable bonds is 7. The summed E-state index contributed by atoms with van der Waals surface area (Å²) in [5.41, 5.74) is 2.61. The Morgan fingerprint density at radius 1 is 1.00 bits per heavy atom. The third kappa shape index (κ3) is 4.92. The van der Waals surface area contributed by atoms with E-state index >= 15 is 0 Å². The highest BCUT2D eigenvalue weighted by Gasteiger charge is 2.22. The number of hydrogen-bond donors (Lipinski definition) is 2. The third-order valence-electron chi connectivity index (χ3n) is 4.84. The zero-order chi connectivity index (χ0) is 21.6. The van der Waals surface area contributed by atoms with Crippen LogP contribution in [0.3, 0.4) is 0 Å². The van der Waals surface area contributed by atoms with E-state index in [1.807, 2.05) is 67.6 Å². The Morgan fingerprint density at radius 3 is 2.55 bits per heavy atom. The van der Waals surface area contributed by atoms with Gasteiger partial charge in [-0.3, -0.25) is 4.79 Å². The molecular formula is C25H23N3O2S. The number of methoxy groups -OCH3 is 1. The molecule has 2 N–H and O–H groups in total.